The van der Waals surface area contributed by atoms with Crippen molar-refractivity contribution in [2.75, 3.05) is 0 Å². The van der Waals surface area contributed by atoms with E-state index in [0.29, 0.717) is 5.92 Å². The van der Waals surface area contributed by atoms with Crippen molar-refractivity contribution in [3.05, 3.63) is 0 Å². The topological polar surface area (TPSA) is 37.3 Å². The number of aliphatic hydroxyl groups is 1. The van der Waals surface area contributed by atoms with Crippen LogP contribution in [0.25, 0.3) is 0 Å². The van der Waals surface area contributed by atoms with Gasteiger partial charge in [0.1, 0.15) is 6.10 Å². The Morgan fingerprint density at radius 3 is 2.18 bits per heavy atom. The number of rotatable bonds is 4. The Balaban J connectivity index is 4.00. The quantitative estimate of drug-likeness (QED) is 0.675. The monoisotopic (exact) mass is 158 g/mol. The van der Waals surface area contributed by atoms with E-state index in [4.69, 9.17) is 0 Å². The molecular weight excluding hydrogens is 140 g/mol. The fourth-order valence-electron chi connectivity index (χ4n) is 1.05. The van der Waals surface area contributed by atoms with Gasteiger partial charge in [0.15, 0.2) is 5.78 Å². The molecule has 0 aliphatic rings. The molecule has 0 radical (unpaired) electrons. The third-order valence-electron chi connectivity index (χ3n) is 2.46. The molecule has 0 saturated carbocycles. The molecule has 0 bridgehead atoms. The van der Waals surface area contributed by atoms with Gasteiger partial charge in [-0.3, -0.25) is 4.79 Å². The van der Waals surface area contributed by atoms with E-state index >= 15 is 0 Å². The maximum atomic E-state index is 10.8. The van der Waals surface area contributed by atoms with Gasteiger partial charge in [-0.05, 0) is 18.8 Å². The Hall–Kier alpha value is -0.370. The fraction of sp³-hybridized carbons (Fsp3) is 0.889. The van der Waals surface area contributed by atoms with E-state index in [-0.39, 0.29) is 11.7 Å². The summed E-state index contributed by atoms with van der Waals surface area (Å²) in [5, 5.41) is 9.35. The molecule has 0 aliphatic heterocycles. The molecule has 0 aromatic heterocycles. The van der Waals surface area contributed by atoms with Gasteiger partial charge in [-0.25, -0.2) is 0 Å². The lowest BCUT2D eigenvalue weighted by molar-refractivity contribution is -0.128. The second kappa shape index (κ2) is 4.50. The van der Waals surface area contributed by atoms with Gasteiger partial charge in [0.25, 0.3) is 0 Å². The molecule has 0 aromatic rings. The van der Waals surface area contributed by atoms with Gasteiger partial charge in [0.05, 0.1) is 0 Å². The van der Waals surface area contributed by atoms with Gasteiger partial charge in [-0.15, -0.1) is 0 Å². The minimum atomic E-state index is -0.773. The summed E-state index contributed by atoms with van der Waals surface area (Å²) in [5.74, 6) is 0.365. The lowest BCUT2D eigenvalue weighted by Gasteiger charge is -2.21. The van der Waals surface area contributed by atoms with E-state index in [2.05, 4.69) is 13.8 Å². The molecule has 3 atom stereocenters. The number of ketones is 1. The van der Waals surface area contributed by atoms with E-state index in [1.807, 2.05) is 6.92 Å². The maximum absolute atomic E-state index is 10.8. The summed E-state index contributed by atoms with van der Waals surface area (Å²) < 4.78 is 0. The molecule has 0 saturated heterocycles. The van der Waals surface area contributed by atoms with Crippen LogP contribution in [0.2, 0.25) is 0 Å². The van der Waals surface area contributed by atoms with Crippen LogP contribution in [0.3, 0.4) is 0 Å². The van der Waals surface area contributed by atoms with Gasteiger partial charge >= 0.3 is 0 Å². The molecule has 0 fully saturated rings. The smallest absolute Gasteiger partial charge is 0.158 e. The van der Waals surface area contributed by atoms with Crippen molar-refractivity contribution in [2.45, 2.75) is 40.2 Å². The van der Waals surface area contributed by atoms with Gasteiger partial charge in [-0.1, -0.05) is 27.2 Å². The molecule has 0 aromatic carbocycles. The number of Topliss-reactive ketones (excluding diaryl/α,β-unsaturated/α-hetero) is 1. The van der Waals surface area contributed by atoms with Crippen LogP contribution in [0.15, 0.2) is 0 Å². The Bertz CT molecular complexity index is 132. The predicted molar refractivity (Wildman–Crippen MR) is 45.3 cm³/mol. The highest BCUT2D eigenvalue weighted by Crippen LogP contribution is 2.18. The van der Waals surface area contributed by atoms with Crippen LogP contribution in [0.4, 0.5) is 0 Å². The lowest BCUT2D eigenvalue weighted by Crippen LogP contribution is -2.29. The Labute approximate surface area is 68.6 Å². The van der Waals surface area contributed by atoms with Crippen molar-refractivity contribution in [1.29, 1.82) is 0 Å². The van der Waals surface area contributed by atoms with E-state index in [1.165, 1.54) is 6.92 Å². The summed E-state index contributed by atoms with van der Waals surface area (Å²) in [6, 6.07) is 0. The first-order chi connectivity index (χ1) is 5.00. The predicted octanol–water partition coefficient (Wildman–Crippen LogP) is 1.62. The summed E-state index contributed by atoms with van der Waals surface area (Å²) in [5.41, 5.74) is 0. The summed E-state index contributed by atoms with van der Waals surface area (Å²) in [6.45, 7) is 7.47. The molecule has 0 spiro atoms. The average Bonchev–Trinajstić information content (AvgIpc) is 2.00. The summed E-state index contributed by atoms with van der Waals surface area (Å²) in [7, 11) is 0. The normalized spacial score (nSPS) is 19.0. The molecule has 2 heteroatoms. The van der Waals surface area contributed by atoms with Crippen molar-refractivity contribution in [1.82, 2.24) is 0 Å². The van der Waals surface area contributed by atoms with Gasteiger partial charge in [0, 0.05) is 0 Å². The van der Waals surface area contributed by atoms with Crippen molar-refractivity contribution < 1.29 is 9.90 Å². The molecule has 1 N–H and O–H groups in total. The molecule has 0 aliphatic carbocycles. The minimum absolute atomic E-state index is 0.0810. The first-order valence-electron chi connectivity index (χ1n) is 4.19. The van der Waals surface area contributed by atoms with Crippen LogP contribution in [0.5, 0.6) is 0 Å². The molecule has 2 nitrogen and oxygen atoms in total. The fourth-order valence-corrected chi connectivity index (χ4v) is 1.05. The zero-order valence-corrected chi connectivity index (χ0v) is 7.79. The second-order valence-electron chi connectivity index (χ2n) is 3.30. The molecule has 3 unspecified atom stereocenters. The average molecular weight is 158 g/mol. The zero-order valence-electron chi connectivity index (χ0n) is 7.79. The Morgan fingerprint density at radius 1 is 1.45 bits per heavy atom. The molecule has 0 rings (SSSR count). The third kappa shape index (κ3) is 3.02. The molecule has 66 valence electrons. The Morgan fingerprint density at radius 2 is 1.91 bits per heavy atom. The standard InChI is InChI=1S/C9H18O2/c1-5-6(2)7(3)9(11)8(4)10/h6-7,9,11H,5H2,1-4H3. The van der Waals surface area contributed by atoms with E-state index in [0.717, 1.165) is 6.42 Å². The van der Waals surface area contributed by atoms with E-state index < -0.39 is 6.10 Å². The van der Waals surface area contributed by atoms with Crippen molar-refractivity contribution in [2.24, 2.45) is 11.8 Å². The summed E-state index contributed by atoms with van der Waals surface area (Å²) in [4.78, 5) is 10.8. The number of carbonyl (C=O) groups is 1. The van der Waals surface area contributed by atoms with Gasteiger partial charge in [-0.2, -0.15) is 0 Å². The number of hydrogen-bond acceptors (Lipinski definition) is 2. The zero-order chi connectivity index (χ0) is 9.02. The lowest BCUT2D eigenvalue weighted by atomic mass is 9.87. The van der Waals surface area contributed by atoms with Crippen molar-refractivity contribution in [3.63, 3.8) is 0 Å². The molecule has 0 heterocycles. The Kier molecular flexibility index (Phi) is 4.34. The number of aliphatic hydroxyl groups excluding tert-OH is 1. The highest BCUT2D eigenvalue weighted by molar-refractivity contribution is 5.80. The van der Waals surface area contributed by atoms with Crippen LogP contribution in [0, 0.1) is 11.8 Å². The summed E-state index contributed by atoms with van der Waals surface area (Å²) >= 11 is 0. The van der Waals surface area contributed by atoms with Crippen LogP contribution in [-0.2, 0) is 4.79 Å². The molecular formula is C9H18O2. The molecule has 0 amide bonds. The maximum Gasteiger partial charge on any atom is 0.158 e. The first-order valence-corrected chi connectivity index (χ1v) is 4.19. The minimum Gasteiger partial charge on any atom is -0.385 e. The molecule has 11 heavy (non-hydrogen) atoms. The highest BCUT2D eigenvalue weighted by atomic mass is 16.3. The SMILES string of the molecule is CCC(C)C(C)C(O)C(C)=O. The van der Waals surface area contributed by atoms with Crippen LogP contribution in [-0.4, -0.2) is 17.0 Å². The second-order valence-corrected chi connectivity index (χ2v) is 3.30. The van der Waals surface area contributed by atoms with Crippen LogP contribution in [0.1, 0.15) is 34.1 Å². The number of carbonyl (C=O) groups excluding carboxylic acids is 1. The van der Waals surface area contributed by atoms with Gasteiger partial charge in [0.2, 0.25) is 0 Å². The van der Waals surface area contributed by atoms with E-state index in [1.54, 1.807) is 0 Å². The van der Waals surface area contributed by atoms with Gasteiger partial charge < -0.3 is 5.11 Å². The summed E-state index contributed by atoms with van der Waals surface area (Å²) in [6.07, 6.45) is 0.232. The highest BCUT2D eigenvalue weighted by Gasteiger charge is 2.22. The largest absolute Gasteiger partial charge is 0.385 e. The van der Waals surface area contributed by atoms with Crippen molar-refractivity contribution in [3.8, 4) is 0 Å². The first kappa shape index (κ1) is 10.6. The number of hydrogen-bond donors (Lipinski definition) is 1. The van der Waals surface area contributed by atoms with Crippen LogP contribution >= 0.6 is 0 Å². The van der Waals surface area contributed by atoms with Crippen molar-refractivity contribution >= 4 is 5.78 Å². The van der Waals surface area contributed by atoms with E-state index in [9.17, 15) is 9.90 Å². The van der Waals surface area contributed by atoms with Crippen LogP contribution < -0.4 is 0 Å². The third-order valence-corrected chi connectivity index (χ3v) is 2.46.